The third-order valence-corrected chi connectivity index (χ3v) is 2.58. The number of hydrogen-bond acceptors (Lipinski definition) is 3. The van der Waals surface area contributed by atoms with Crippen molar-refractivity contribution < 1.29 is 13.9 Å². The SMILES string of the molecule is O=[C]OCc1coc2cc(I)ccc12. The van der Waals surface area contributed by atoms with Gasteiger partial charge in [0.2, 0.25) is 0 Å². The van der Waals surface area contributed by atoms with Crippen LogP contribution in [-0.2, 0) is 16.1 Å². The molecule has 71 valence electrons. The van der Waals surface area contributed by atoms with Crippen LogP contribution >= 0.6 is 22.6 Å². The zero-order valence-electron chi connectivity index (χ0n) is 7.12. The molecule has 0 saturated carbocycles. The van der Waals surface area contributed by atoms with Crippen molar-refractivity contribution >= 4 is 40.0 Å². The maximum absolute atomic E-state index is 9.91. The van der Waals surface area contributed by atoms with Crippen LogP contribution in [0.3, 0.4) is 0 Å². The molecule has 4 heteroatoms. The van der Waals surface area contributed by atoms with E-state index in [0.717, 1.165) is 20.1 Å². The third kappa shape index (κ3) is 1.75. The topological polar surface area (TPSA) is 39.4 Å². The van der Waals surface area contributed by atoms with Gasteiger partial charge in [0.05, 0.1) is 6.26 Å². The highest BCUT2D eigenvalue weighted by Crippen LogP contribution is 2.23. The van der Waals surface area contributed by atoms with Crippen molar-refractivity contribution in [3.63, 3.8) is 0 Å². The summed E-state index contributed by atoms with van der Waals surface area (Å²) in [5.74, 6) is 0. The maximum atomic E-state index is 9.91. The van der Waals surface area contributed by atoms with Gasteiger partial charge in [0.15, 0.2) is 0 Å². The van der Waals surface area contributed by atoms with Gasteiger partial charge < -0.3 is 9.15 Å². The minimum absolute atomic E-state index is 0.205. The van der Waals surface area contributed by atoms with E-state index < -0.39 is 0 Å². The summed E-state index contributed by atoms with van der Waals surface area (Å²) in [6.45, 7) is 1.59. The van der Waals surface area contributed by atoms with Gasteiger partial charge in [-0.05, 0) is 40.8 Å². The van der Waals surface area contributed by atoms with E-state index in [1.807, 2.05) is 18.2 Å². The Hall–Kier alpha value is -1.04. The summed E-state index contributed by atoms with van der Waals surface area (Å²) in [5.41, 5.74) is 1.67. The Morgan fingerprint density at radius 1 is 1.50 bits per heavy atom. The van der Waals surface area contributed by atoms with Crippen molar-refractivity contribution in [2.75, 3.05) is 0 Å². The van der Waals surface area contributed by atoms with Crippen LogP contribution in [0.15, 0.2) is 28.9 Å². The van der Waals surface area contributed by atoms with Gasteiger partial charge >= 0.3 is 6.47 Å². The predicted octanol–water partition coefficient (Wildman–Crippen LogP) is 2.62. The van der Waals surface area contributed by atoms with Gasteiger partial charge in [0.25, 0.3) is 0 Å². The zero-order chi connectivity index (χ0) is 9.97. The molecule has 2 rings (SSSR count). The molecule has 0 bridgehead atoms. The highest BCUT2D eigenvalue weighted by molar-refractivity contribution is 14.1. The summed E-state index contributed by atoms with van der Waals surface area (Å²) in [6.07, 6.45) is 1.60. The lowest BCUT2D eigenvalue weighted by Crippen LogP contribution is -1.87. The summed E-state index contributed by atoms with van der Waals surface area (Å²) in [6, 6.07) is 5.86. The number of furan rings is 1. The van der Waals surface area contributed by atoms with E-state index in [2.05, 4.69) is 27.3 Å². The van der Waals surface area contributed by atoms with Crippen molar-refractivity contribution in [2.45, 2.75) is 6.61 Å². The van der Waals surface area contributed by atoms with E-state index >= 15 is 0 Å². The minimum Gasteiger partial charge on any atom is -0.464 e. The fraction of sp³-hybridized carbons (Fsp3) is 0.100. The van der Waals surface area contributed by atoms with E-state index in [0.29, 0.717) is 0 Å². The number of fused-ring (bicyclic) bond motifs is 1. The second kappa shape index (κ2) is 4.00. The zero-order valence-corrected chi connectivity index (χ0v) is 9.28. The first-order valence-corrected chi connectivity index (χ1v) is 5.03. The van der Waals surface area contributed by atoms with Crippen LogP contribution in [0.2, 0.25) is 0 Å². The van der Waals surface area contributed by atoms with Crippen LogP contribution in [0.1, 0.15) is 5.56 Å². The Bertz CT molecular complexity index is 461. The molecular weight excluding hydrogens is 295 g/mol. The van der Waals surface area contributed by atoms with Crippen molar-refractivity contribution in [3.05, 3.63) is 33.6 Å². The second-order valence-electron chi connectivity index (χ2n) is 2.77. The first-order valence-electron chi connectivity index (χ1n) is 3.96. The average Bonchev–Trinajstić information content (AvgIpc) is 2.57. The molecule has 0 saturated heterocycles. The Labute approximate surface area is 94.2 Å². The molecule has 2 aromatic rings. The maximum Gasteiger partial charge on any atom is 0.417 e. The standard InChI is InChI=1S/C10H6IO3/c11-8-1-2-9-7(4-13-6-12)5-14-10(9)3-8/h1-3,5H,4H2. The van der Waals surface area contributed by atoms with Gasteiger partial charge in [0, 0.05) is 14.5 Å². The first-order chi connectivity index (χ1) is 6.81. The number of rotatable bonds is 3. The fourth-order valence-corrected chi connectivity index (χ4v) is 1.74. The van der Waals surface area contributed by atoms with E-state index in [1.54, 1.807) is 6.26 Å². The molecular formula is C10H6IO3. The molecule has 0 atom stereocenters. The number of halogens is 1. The molecule has 1 aromatic carbocycles. The van der Waals surface area contributed by atoms with Crippen molar-refractivity contribution in [3.8, 4) is 0 Å². The lowest BCUT2D eigenvalue weighted by Gasteiger charge is -1.94. The van der Waals surface area contributed by atoms with Crippen LogP contribution in [-0.4, -0.2) is 6.47 Å². The lowest BCUT2D eigenvalue weighted by atomic mass is 10.2. The predicted molar refractivity (Wildman–Crippen MR) is 59.4 cm³/mol. The Balaban J connectivity index is 2.42. The second-order valence-corrected chi connectivity index (χ2v) is 4.02. The molecule has 14 heavy (non-hydrogen) atoms. The molecule has 1 radical (unpaired) electrons. The smallest absolute Gasteiger partial charge is 0.417 e. The molecule has 1 aromatic heterocycles. The molecule has 0 aliphatic carbocycles. The van der Waals surface area contributed by atoms with E-state index in [9.17, 15) is 4.79 Å². The largest absolute Gasteiger partial charge is 0.464 e. The monoisotopic (exact) mass is 301 g/mol. The van der Waals surface area contributed by atoms with Crippen LogP contribution in [0.5, 0.6) is 0 Å². The van der Waals surface area contributed by atoms with E-state index in [1.165, 1.54) is 6.47 Å². The Morgan fingerprint density at radius 2 is 2.36 bits per heavy atom. The highest BCUT2D eigenvalue weighted by Gasteiger charge is 2.05. The number of ether oxygens (including phenoxy) is 1. The van der Waals surface area contributed by atoms with Gasteiger partial charge in [0.1, 0.15) is 12.2 Å². The lowest BCUT2D eigenvalue weighted by molar-refractivity contribution is 0.267. The van der Waals surface area contributed by atoms with Crippen LogP contribution in [0.4, 0.5) is 0 Å². The fourth-order valence-electron chi connectivity index (χ4n) is 1.28. The van der Waals surface area contributed by atoms with Crippen molar-refractivity contribution in [2.24, 2.45) is 0 Å². The number of benzene rings is 1. The molecule has 0 unspecified atom stereocenters. The van der Waals surface area contributed by atoms with E-state index in [-0.39, 0.29) is 6.61 Å². The highest BCUT2D eigenvalue weighted by atomic mass is 127. The van der Waals surface area contributed by atoms with E-state index in [4.69, 9.17) is 4.42 Å². The van der Waals surface area contributed by atoms with Crippen LogP contribution in [0.25, 0.3) is 11.0 Å². The average molecular weight is 301 g/mol. The van der Waals surface area contributed by atoms with Gasteiger partial charge in [-0.25, -0.2) is 4.79 Å². The molecule has 1 heterocycles. The summed E-state index contributed by atoms with van der Waals surface area (Å²) in [5, 5.41) is 0.973. The quantitative estimate of drug-likeness (QED) is 0.818. The molecule has 0 N–H and O–H groups in total. The first kappa shape index (κ1) is 9.51. The summed E-state index contributed by atoms with van der Waals surface area (Å²) in [7, 11) is 0. The Kier molecular flexibility index (Phi) is 2.72. The summed E-state index contributed by atoms with van der Waals surface area (Å²) in [4.78, 5) is 9.91. The van der Waals surface area contributed by atoms with Gasteiger partial charge in [-0.2, -0.15) is 0 Å². The third-order valence-electron chi connectivity index (χ3n) is 1.90. The van der Waals surface area contributed by atoms with Crippen molar-refractivity contribution in [1.82, 2.24) is 0 Å². The molecule has 0 aliphatic heterocycles. The van der Waals surface area contributed by atoms with Gasteiger partial charge in [-0.1, -0.05) is 0 Å². The van der Waals surface area contributed by atoms with Crippen LogP contribution < -0.4 is 0 Å². The summed E-state index contributed by atoms with van der Waals surface area (Å²) >= 11 is 2.21. The number of hydrogen-bond donors (Lipinski definition) is 0. The summed E-state index contributed by atoms with van der Waals surface area (Å²) < 4.78 is 11.0. The molecule has 0 amide bonds. The Morgan fingerprint density at radius 3 is 3.14 bits per heavy atom. The molecule has 0 fully saturated rings. The molecule has 0 spiro atoms. The van der Waals surface area contributed by atoms with Gasteiger partial charge in [-0.15, -0.1) is 0 Å². The van der Waals surface area contributed by atoms with Gasteiger partial charge in [-0.3, -0.25) is 0 Å². The molecule has 0 aliphatic rings. The minimum atomic E-state index is 0.205. The number of carbonyl (C=O) groups excluding carboxylic acids is 1. The molecule has 3 nitrogen and oxygen atoms in total. The van der Waals surface area contributed by atoms with Crippen LogP contribution in [0, 0.1) is 3.57 Å². The normalized spacial score (nSPS) is 10.4. The van der Waals surface area contributed by atoms with Crippen molar-refractivity contribution in [1.29, 1.82) is 0 Å².